The second-order valence-corrected chi connectivity index (χ2v) is 8.90. The zero-order chi connectivity index (χ0) is 22.6. The fraction of sp³-hybridized carbons (Fsp3) is 0.0800. The first kappa shape index (κ1) is 21.4. The molecule has 0 radical (unpaired) electrons. The molecule has 4 rings (SSSR count). The van der Waals surface area contributed by atoms with Crippen LogP contribution in [0.25, 0.3) is 10.8 Å². The highest BCUT2D eigenvalue weighted by atomic mass is 32.2. The van der Waals surface area contributed by atoms with Crippen molar-refractivity contribution < 1.29 is 17.9 Å². The number of para-hydroxylation sites is 1. The van der Waals surface area contributed by atoms with E-state index in [4.69, 9.17) is 4.74 Å². The van der Waals surface area contributed by atoms with Gasteiger partial charge >= 0.3 is 0 Å². The normalized spacial score (nSPS) is 12.2. The molecule has 2 N–H and O–H groups in total. The first-order chi connectivity index (χ1) is 15.4. The molecule has 0 unspecified atom stereocenters. The van der Waals surface area contributed by atoms with Crippen LogP contribution in [0.3, 0.4) is 0 Å². The molecule has 0 fully saturated rings. The van der Waals surface area contributed by atoms with Crippen molar-refractivity contribution >= 4 is 38.1 Å². The van der Waals surface area contributed by atoms with Crippen molar-refractivity contribution in [3.8, 4) is 5.75 Å². The zero-order valence-corrected chi connectivity index (χ0v) is 18.2. The fourth-order valence-electron chi connectivity index (χ4n) is 3.22. The second kappa shape index (κ2) is 9.11. The van der Waals surface area contributed by atoms with Gasteiger partial charge in [-0.05, 0) is 54.8 Å². The van der Waals surface area contributed by atoms with E-state index >= 15 is 0 Å². The predicted octanol–water partition coefficient (Wildman–Crippen LogP) is 5.05. The number of fused-ring (bicyclic) bond motifs is 1. The molecule has 4 aromatic carbocycles. The number of carbonyl (C=O) groups excluding carboxylic acids is 1. The van der Waals surface area contributed by atoms with E-state index in [1.165, 1.54) is 12.1 Å². The number of anilines is 2. The Morgan fingerprint density at radius 2 is 1.44 bits per heavy atom. The van der Waals surface area contributed by atoms with Gasteiger partial charge in [-0.15, -0.1) is 0 Å². The molecule has 0 saturated heterocycles. The molecule has 7 heteroatoms. The molecule has 6 nitrogen and oxygen atoms in total. The van der Waals surface area contributed by atoms with Crippen molar-refractivity contribution in [3.05, 3.63) is 97.1 Å². The summed E-state index contributed by atoms with van der Waals surface area (Å²) < 4.78 is 33.5. The van der Waals surface area contributed by atoms with Crippen molar-refractivity contribution in [2.24, 2.45) is 0 Å². The molecular formula is C25H22N2O4S. The molecule has 0 aliphatic heterocycles. The van der Waals surface area contributed by atoms with Gasteiger partial charge in [-0.25, -0.2) is 8.42 Å². The summed E-state index contributed by atoms with van der Waals surface area (Å²) >= 11 is 0. The summed E-state index contributed by atoms with van der Waals surface area (Å²) in [4.78, 5) is 12.7. The average molecular weight is 447 g/mol. The molecule has 4 aromatic rings. The lowest BCUT2D eigenvalue weighted by Crippen LogP contribution is -2.30. The number of benzene rings is 4. The van der Waals surface area contributed by atoms with E-state index in [2.05, 4.69) is 10.0 Å². The second-order valence-electron chi connectivity index (χ2n) is 7.22. The van der Waals surface area contributed by atoms with E-state index in [1.54, 1.807) is 49.4 Å². The maximum Gasteiger partial charge on any atom is 0.265 e. The Morgan fingerprint density at radius 1 is 0.781 bits per heavy atom. The van der Waals surface area contributed by atoms with Gasteiger partial charge in [-0.2, -0.15) is 0 Å². The van der Waals surface area contributed by atoms with Gasteiger partial charge in [-0.1, -0.05) is 54.6 Å². The minimum Gasteiger partial charge on any atom is -0.480 e. The van der Waals surface area contributed by atoms with Gasteiger partial charge in [0.25, 0.3) is 15.9 Å². The lowest BCUT2D eigenvalue weighted by Gasteiger charge is -2.16. The summed E-state index contributed by atoms with van der Waals surface area (Å²) in [6, 6.07) is 28.1. The van der Waals surface area contributed by atoms with Gasteiger partial charge < -0.3 is 10.1 Å². The Balaban J connectivity index is 1.42. The Hall–Kier alpha value is -3.84. The lowest BCUT2D eigenvalue weighted by molar-refractivity contribution is -0.122. The number of amides is 1. The van der Waals surface area contributed by atoms with Crippen LogP contribution in [0.15, 0.2) is 102 Å². The predicted molar refractivity (Wildman–Crippen MR) is 126 cm³/mol. The first-order valence-electron chi connectivity index (χ1n) is 10.1. The summed E-state index contributed by atoms with van der Waals surface area (Å²) in [5.41, 5.74) is 0.950. The van der Waals surface area contributed by atoms with Crippen molar-refractivity contribution in [1.82, 2.24) is 0 Å². The van der Waals surface area contributed by atoms with Crippen LogP contribution in [0.4, 0.5) is 11.4 Å². The monoisotopic (exact) mass is 446 g/mol. The summed E-state index contributed by atoms with van der Waals surface area (Å²) in [6.45, 7) is 1.67. The Morgan fingerprint density at radius 3 is 2.19 bits per heavy atom. The standard InChI is InChI=1S/C25H22N2O4S/c1-18(31-24-13-7-9-19-8-5-6-12-23(19)24)25(28)26-20-14-16-22(17-15-20)32(29,30)27-21-10-3-2-4-11-21/h2-18,27H,1H3,(H,26,28)/t18-/m1/s1. The Labute approximate surface area is 186 Å². The molecule has 0 spiro atoms. The molecule has 0 aliphatic rings. The minimum atomic E-state index is -3.72. The third kappa shape index (κ3) is 4.90. The smallest absolute Gasteiger partial charge is 0.265 e. The number of hydrogen-bond donors (Lipinski definition) is 2. The van der Waals surface area contributed by atoms with Crippen LogP contribution in [0.2, 0.25) is 0 Å². The van der Waals surface area contributed by atoms with Crippen molar-refractivity contribution in [2.45, 2.75) is 17.9 Å². The molecule has 0 saturated carbocycles. The molecule has 0 aromatic heterocycles. The van der Waals surface area contributed by atoms with Crippen molar-refractivity contribution in [2.75, 3.05) is 10.0 Å². The summed E-state index contributed by atoms with van der Waals surface area (Å²) in [5.74, 6) is 0.287. The Kier molecular flexibility index (Phi) is 6.09. The van der Waals surface area contributed by atoms with Crippen LogP contribution < -0.4 is 14.8 Å². The van der Waals surface area contributed by atoms with Crippen LogP contribution in [0.5, 0.6) is 5.75 Å². The highest BCUT2D eigenvalue weighted by molar-refractivity contribution is 7.92. The van der Waals surface area contributed by atoms with Crippen LogP contribution >= 0.6 is 0 Å². The SMILES string of the molecule is C[C@@H](Oc1cccc2ccccc12)C(=O)Nc1ccc(S(=O)(=O)Nc2ccccc2)cc1. The maximum atomic E-state index is 12.6. The molecular weight excluding hydrogens is 424 g/mol. The molecule has 0 aliphatic carbocycles. The van der Waals surface area contributed by atoms with Crippen LogP contribution in [-0.2, 0) is 14.8 Å². The third-order valence-corrected chi connectivity index (χ3v) is 6.28. The van der Waals surface area contributed by atoms with Gasteiger partial charge in [0.1, 0.15) is 5.75 Å². The van der Waals surface area contributed by atoms with Gasteiger partial charge in [0.15, 0.2) is 6.10 Å². The third-order valence-electron chi connectivity index (χ3n) is 4.88. The lowest BCUT2D eigenvalue weighted by atomic mass is 10.1. The van der Waals surface area contributed by atoms with Crippen LogP contribution in [-0.4, -0.2) is 20.4 Å². The summed E-state index contributed by atoms with van der Waals surface area (Å²) in [7, 11) is -3.72. The average Bonchev–Trinajstić information content (AvgIpc) is 2.80. The Bertz CT molecular complexity index is 1330. The van der Waals surface area contributed by atoms with Crippen molar-refractivity contribution in [1.29, 1.82) is 0 Å². The number of sulfonamides is 1. The number of ether oxygens (including phenoxy) is 1. The van der Waals surface area contributed by atoms with Crippen molar-refractivity contribution in [3.63, 3.8) is 0 Å². The van der Waals surface area contributed by atoms with Gasteiger partial charge in [0, 0.05) is 16.8 Å². The summed E-state index contributed by atoms with van der Waals surface area (Å²) in [5, 5.41) is 4.71. The molecule has 162 valence electrons. The van der Waals surface area contributed by atoms with Crippen LogP contribution in [0.1, 0.15) is 6.92 Å². The quantitative estimate of drug-likeness (QED) is 0.416. The first-order valence-corrected chi connectivity index (χ1v) is 11.5. The molecule has 1 amide bonds. The van der Waals surface area contributed by atoms with E-state index in [0.717, 1.165) is 10.8 Å². The zero-order valence-electron chi connectivity index (χ0n) is 17.4. The topological polar surface area (TPSA) is 84.5 Å². The highest BCUT2D eigenvalue weighted by Crippen LogP contribution is 2.26. The minimum absolute atomic E-state index is 0.0967. The number of rotatable bonds is 7. The molecule has 0 bridgehead atoms. The van der Waals surface area contributed by atoms with E-state index in [9.17, 15) is 13.2 Å². The van der Waals surface area contributed by atoms with E-state index in [0.29, 0.717) is 17.1 Å². The fourth-order valence-corrected chi connectivity index (χ4v) is 4.28. The van der Waals surface area contributed by atoms with E-state index in [-0.39, 0.29) is 10.8 Å². The molecule has 0 heterocycles. The van der Waals surface area contributed by atoms with Crippen LogP contribution in [0, 0.1) is 0 Å². The summed E-state index contributed by atoms with van der Waals surface area (Å²) in [6.07, 6.45) is -0.746. The number of hydrogen-bond acceptors (Lipinski definition) is 4. The highest BCUT2D eigenvalue weighted by Gasteiger charge is 2.18. The van der Waals surface area contributed by atoms with E-state index < -0.39 is 16.1 Å². The van der Waals surface area contributed by atoms with Gasteiger partial charge in [0.05, 0.1) is 4.90 Å². The van der Waals surface area contributed by atoms with E-state index in [1.807, 2.05) is 42.5 Å². The van der Waals surface area contributed by atoms with Gasteiger partial charge in [-0.3, -0.25) is 9.52 Å². The molecule has 32 heavy (non-hydrogen) atoms. The van der Waals surface area contributed by atoms with Gasteiger partial charge in [0.2, 0.25) is 0 Å². The number of carbonyl (C=O) groups is 1. The molecule has 1 atom stereocenters. The maximum absolute atomic E-state index is 12.6. The number of nitrogens with one attached hydrogen (secondary N) is 2. The largest absolute Gasteiger partial charge is 0.480 e.